The Morgan fingerprint density at radius 1 is 1.27 bits per heavy atom. The van der Waals surface area contributed by atoms with Crippen LogP contribution in [-0.2, 0) is 0 Å². The fraction of sp³-hybridized carbons (Fsp3) is 1.00. The van der Waals surface area contributed by atoms with Gasteiger partial charge in [0, 0.05) is 13.1 Å². The first-order valence-corrected chi connectivity index (χ1v) is 6.17. The Hall–Kier alpha value is -0.0551. The second kappa shape index (κ2) is 8.14. The Bertz CT molecular complexity index is 158. The van der Waals surface area contributed by atoms with Crippen LogP contribution < -0.4 is 5.32 Å². The highest BCUT2D eigenvalue weighted by Crippen LogP contribution is 2.09. The third-order valence-corrected chi connectivity index (χ3v) is 2.96. The number of nitrogens with one attached hydrogen (secondary N) is 1. The molecule has 1 aliphatic rings. The minimum absolute atomic E-state index is 0.267. The largest absolute Gasteiger partial charge is 0.378 e. The van der Waals surface area contributed by atoms with Gasteiger partial charge in [-0.25, -0.2) is 0 Å². The zero-order valence-electron chi connectivity index (χ0n) is 9.62. The van der Waals surface area contributed by atoms with Crippen molar-refractivity contribution >= 4 is 7.85 Å². The number of aliphatic hydroxyl groups is 1. The van der Waals surface area contributed by atoms with E-state index >= 15 is 0 Å². The first kappa shape index (κ1) is 13.0. The lowest BCUT2D eigenvalue weighted by atomic mass is 10.0. The molecule has 0 bridgehead atoms. The number of aliphatic hydroxyl groups excluding tert-OH is 1. The van der Waals surface area contributed by atoms with Gasteiger partial charge in [-0.15, -0.1) is 0 Å². The van der Waals surface area contributed by atoms with Crippen LogP contribution in [0.5, 0.6) is 0 Å². The molecule has 0 saturated carbocycles. The molecular weight excluding hydrogens is 187 g/mol. The number of nitrogens with zero attached hydrogens (tertiary/aromatic N) is 1. The van der Waals surface area contributed by atoms with Crippen molar-refractivity contribution in [2.45, 2.75) is 44.7 Å². The molecule has 2 radical (unpaired) electrons. The molecule has 0 aliphatic carbocycles. The topological polar surface area (TPSA) is 35.5 Å². The summed E-state index contributed by atoms with van der Waals surface area (Å²) in [6.45, 7) is 3.93. The second-order valence-electron chi connectivity index (χ2n) is 4.26. The smallest absolute Gasteiger partial charge is 0.107 e. The third kappa shape index (κ3) is 5.54. The summed E-state index contributed by atoms with van der Waals surface area (Å²) in [5, 5.41) is 13.4. The molecule has 0 spiro atoms. The summed E-state index contributed by atoms with van der Waals surface area (Å²) in [5.41, 5.74) is 0. The van der Waals surface area contributed by atoms with Crippen LogP contribution in [0.15, 0.2) is 0 Å². The van der Waals surface area contributed by atoms with E-state index in [1.165, 1.54) is 12.8 Å². The van der Waals surface area contributed by atoms with E-state index in [0.29, 0.717) is 6.32 Å². The molecule has 0 aromatic heterocycles. The van der Waals surface area contributed by atoms with Gasteiger partial charge in [0.2, 0.25) is 0 Å². The second-order valence-corrected chi connectivity index (χ2v) is 4.26. The van der Waals surface area contributed by atoms with Crippen LogP contribution in [0.3, 0.4) is 0 Å². The quantitative estimate of drug-likeness (QED) is 0.674. The lowest BCUT2D eigenvalue weighted by molar-refractivity contribution is -0.00439. The molecule has 1 saturated heterocycles. The summed E-state index contributed by atoms with van der Waals surface area (Å²) in [6, 6.07) is 0. The van der Waals surface area contributed by atoms with Crippen molar-refractivity contribution in [2.75, 3.05) is 26.2 Å². The minimum Gasteiger partial charge on any atom is -0.378 e. The van der Waals surface area contributed by atoms with Gasteiger partial charge in [-0.05, 0) is 38.8 Å². The van der Waals surface area contributed by atoms with Gasteiger partial charge in [0.25, 0.3) is 0 Å². The van der Waals surface area contributed by atoms with Gasteiger partial charge < -0.3 is 10.4 Å². The lowest BCUT2D eigenvalue weighted by Crippen LogP contribution is -2.41. The molecule has 86 valence electrons. The maximum atomic E-state index is 9.97. The Kier molecular flexibility index (Phi) is 7.06. The Labute approximate surface area is 94.6 Å². The molecular formula is C11H23BN2O. The van der Waals surface area contributed by atoms with Gasteiger partial charge in [-0.2, -0.15) is 0 Å². The molecule has 0 aromatic rings. The minimum atomic E-state index is -0.267. The normalized spacial score (nSPS) is 26.3. The summed E-state index contributed by atoms with van der Waals surface area (Å²) in [4.78, 5) is 2.14. The van der Waals surface area contributed by atoms with Crippen LogP contribution in [0.1, 0.15) is 32.1 Å². The van der Waals surface area contributed by atoms with E-state index in [1.807, 2.05) is 0 Å². The highest BCUT2D eigenvalue weighted by molar-refractivity contribution is 6.08. The van der Waals surface area contributed by atoms with Crippen LogP contribution >= 0.6 is 0 Å². The molecule has 1 aliphatic heterocycles. The predicted octanol–water partition coefficient (Wildman–Crippen LogP) is 0.747. The highest BCUT2D eigenvalue weighted by Gasteiger charge is 2.14. The first-order valence-electron chi connectivity index (χ1n) is 6.17. The van der Waals surface area contributed by atoms with Crippen LogP contribution in [0.25, 0.3) is 0 Å². The van der Waals surface area contributed by atoms with Crippen LogP contribution in [0.4, 0.5) is 0 Å². The van der Waals surface area contributed by atoms with Gasteiger partial charge in [-0.3, -0.25) is 4.90 Å². The molecule has 4 heteroatoms. The fourth-order valence-electron chi connectivity index (χ4n) is 1.99. The Morgan fingerprint density at radius 3 is 2.93 bits per heavy atom. The van der Waals surface area contributed by atoms with Gasteiger partial charge in [-0.1, -0.05) is 12.7 Å². The van der Waals surface area contributed by atoms with Crippen molar-refractivity contribution in [1.82, 2.24) is 10.2 Å². The average molecular weight is 210 g/mol. The summed E-state index contributed by atoms with van der Waals surface area (Å²) >= 11 is 0. The zero-order chi connectivity index (χ0) is 10.9. The lowest BCUT2D eigenvalue weighted by Gasteiger charge is -2.28. The summed E-state index contributed by atoms with van der Waals surface area (Å²) in [7, 11) is 5.49. The highest BCUT2D eigenvalue weighted by atomic mass is 16.3. The molecule has 1 atom stereocenters. The monoisotopic (exact) mass is 210 g/mol. The van der Waals surface area contributed by atoms with Gasteiger partial charge in [0.1, 0.15) is 6.23 Å². The molecule has 1 unspecified atom stereocenters. The molecule has 1 fully saturated rings. The molecule has 0 amide bonds. The van der Waals surface area contributed by atoms with E-state index in [1.54, 1.807) is 0 Å². The van der Waals surface area contributed by atoms with Gasteiger partial charge in [0.15, 0.2) is 0 Å². The maximum Gasteiger partial charge on any atom is 0.107 e. The van der Waals surface area contributed by atoms with E-state index in [0.717, 1.165) is 45.4 Å². The first-order chi connectivity index (χ1) is 7.34. The van der Waals surface area contributed by atoms with Gasteiger partial charge >= 0.3 is 0 Å². The molecule has 1 rings (SSSR count). The van der Waals surface area contributed by atoms with Crippen molar-refractivity contribution in [3.8, 4) is 0 Å². The summed E-state index contributed by atoms with van der Waals surface area (Å²) in [5.74, 6) is 0. The Morgan fingerprint density at radius 2 is 2.13 bits per heavy atom. The number of hydrogen-bond donors (Lipinski definition) is 2. The van der Waals surface area contributed by atoms with E-state index in [4.69, 9.17) is 7.85 Å². The van der Waals surface area contributed by atoms with Crippen LogP contribution in [0, 0.1) is 0 Å². The van der Waals surface area contributed by atoms with E-state index in [-0.39, 0.29) is 6.23 Å². The SMILES string of the molecule is [B]CCCN1CCNCCCCCC1O. The molecule has 15 heavy (non-hydrogen) atoms. The molecule has 3 nitrogen and oxygen atoms in total. The van der Waals surface area contributed by atoms with Gasteiger partial charge in [0.05, 0.1) is 7.85 Å². The van der Waals surface area contributed by atoms with Crippen LogP contribution in [-0.4, -0.2) is 50.3 Å². The fourth-order valence-corrected chi connectivity index (χ4v) is 1.99. The van der Waals surface area contributed by atoms with E-state index in [2.05, 4.69) is 10.2 Å². The average Bonchev–Trinajstić information content (AvgIpc) is 2.26. The molecule has 1 heterocycles. The molecule has 2 N–H and O–H groups in total. The zero-order valence-corrected chi connectivity index (χ0v) is 9.62. The summed E-state index contributed by atoms with van der Waals surface area (Å²) in [6.07, 6.45) is 5.89. The Balaban J connectivity index is 2.32. The van der Waals surface area contributed by atoms with E-state index < -0.39 is 0 Å². The van der Waals surface area contributed by atoms with Crippen molar-refractivity contribution in [2.24, 2.45) is 0 Å². The van der Waals surface area contributed by atoms with Crippen LogP contribution in [0.2, 0.25) is 6.32 Å². The predicted molar refractivity (Wildman–Crippen MR) is 64.1 cm³/mol. The van der Waals surface area contributed by atoms with Crippen molar-refractivity contribution in [3.05, 3.63) is 0 Å². The maximum absolute atomic E-state index is 9.97. The van der Waals surface area contributed by atoms with Crippen molar-refractivity contribution < 1.29 is 5.11 Å². The number of rotatable bonds is 3. The van der Waals surface area contributed by atoms with Crippen molar-refractivity contribution in [1.29, 1.82) is 0 Å². The standard InChI is InChI=1S/C11H23BN2O/c12-6-4-9-14-10-8-13-7-3-1-2-5-11(14)15/h11,13,15H,1-10H2. The third-order valence-electron chi connectivity index (χ3n) is 2.96. The van der Waals surface area contributed by atoms with E-state index in [9.17, 15) is 5.11 Å². The summed E-state index contributed by atoms with van der Waals surface area (Å²) < 4.78 is 0. The number of hydrogen-bond acceptors (Lipinski definition) is 3. The van der Waals surface area contributed by atoms with Crippen molar-refractivity contribution in [3.63, 3.8) is 0 Å². The molecule has 0 aromatic carbocycles.